The Morgan fingerprint density at radius 3 is 3.05 bits per heavy atom. The van der Waals surface area contributed by atoms with E-state index in [-0.39, 0.29) is 5.91 Å². The fourth-order valence-electron chi connectivity index (χ4n) is 2.40. The van der Waals surface area contributed by atoms with E-state index in [1.54, 1.807) is 11.3 Å². The number of likely N-dealkylation sites (N-methyl/N-ethyl adjacent to an activating group) is 1. The van der Waals surface area contributed by atoms with Gasteiger partial charge in [0, 0.05) is 19.6 Å². The fraction of sp³-hybridized carbons (Fsp3) is 0.429. The first-order valence-corrected chi connectivity index (χ1v) is 8.35. The largest absolute Gasteiger partial charge is 0.337 e. The summed E-state index contributed by atoms with van der Waals surface area (Å²) in [5.74, 6) is 0.0940. The van der Waals surface area contributed by atoms with E-state index in [4.69, 9.17) is 0 Å². The summed E-state index contributed by atoms with van der Waals surface area (Å²) in [7, 11) is 1.89. The molecule has 20 heavy (non-hydrogen) atoms. The van der Waals surface area contributed by atoms with E-state index in [0.29, 0.717) is 6.04 Å². The van der Waals surface area contributed by atoms with E-state index in [1.807, 2.05) is 36.4 Å². The van der Waals surface area contributed by atoms with Crippen LogP contribution in [0.2, 0.25) is 0 Å². The van der Waals surface area contributed by atoms with E-state index in [9.17, 15) is 4.79 Å². The third-order valence-electron chi connectivity index (χ3n) is 3.63. The molecule has 3 heterocycles. The predicted molar refractivity (Wildman–Crippen MR) is 83.5 cm³/mol. The Morgan fingerprint density at radius 2 is 2.40 bits per heavy atom. The summed E-state index contributed by atoms with van der Waals surface area (Å²) in [6, 6.07) is 4.35. The molecule has 1 amide bonds. The Labute approximate surface area is 126 Å². The van der Waals surface area contributed by atoms with Crippen molar-refractivity contribution in [3.63, 3.8) is 0 Å². The highest BCUT2D eigenvalue weighted by molar-refractivity contribution is 7.22. The highest BCUT2D eigenvalue weighted by Gasteiger charge is 2.27. The van der Waals surface area contributed by atoms with Crippen LogP contribution in [0.4, 0.5) is 0 Å². The van der Waals surface area contributed by atoms with E-state index < -0.39 is 0 Å². The molecule has 1 unspecified atom stereocenters. The maximum Gasteiger partial charge on any atom is 0.265 e. The molecule has 2 aromatic rings. The van der Waals surface area contributed by atoms with Gasteiger partial charge in [0.05, 0.1) is 10.6 Å². The van der Waals surface area contributed by atoms with Crippen LogP contribution in [0.25, 0.3) is 9.88 Å². The summed E-state index contributed by atoms with van der Waals surface area (Å²) < 4.78 is 0. The molecule has 6 heteroatoms. The fourth-order valence-corrected chi connectivity index (χ4v) is 4.24. The highest BCUT2D eigenvalue weighted by atomic mass is 32.1. The zero-order valence-electron chi connectivity index (χ0n) is 11.5. The molecule has 3 rings (SSSR count). The van der Waals surface area contributed by atoms with Crippen LogP contribution in [-0.4, -0.2) is 42.0 Å². The SMILES string of the molecule is Cc1nc(-c2cccs2)sc1C(=O)N(C)C1CCNC1. The van der Waals surface area contributed by atoms with Gasteiger partial charge in [-0.1, -0.05) is 6.07 Å². The van der Waals surface area contributed by atoms with Crippen molar-refractivity contribution in [2.45, 2.75) is 19.4 Å². The molecule has 1 atom stereocenters. The summed E-state index contributed by atoms with van der Waals surface area (Å²) in [6.45, 7) is 3.80. The molecule has 0 saturated carbocycles. The van der Waals surface area contributed by atoms with Crippen LogP contribution in [0.1, 0.15) is 21.8 Å². The smallest absolute Gasteiger partial charge is 0.265 e. The van der Waals surface area contributed by atoms with Crippen molar-refractivity contribution in [2.75, 3.05) is 20.1 Å². The van der Waals surface area contributed by atoms with E-state index >= 15 is 0 Å². The number of amides is 1. The van der Waals surface area contributed by atoms with Crippen LogP contribution < -0.4 is 5.32 Å². The lowest BCUT2D eigenvalue weighted by Gasteiger charge is -2.23. The normalized spacial score (nSPS) is 18.4. The monoisotopic (exact) mass is 307 g/mol. The second-order valence-corrected chi connectivity index (χ2v) is 6.92. The van der Waals surface area contributed by atoms with Crippen LogP contribution in [0.5, 0.6) is 0 Å². The maximum atomic E-state index is 12.6. The van der Waals surface area contributed by atoms with Gasteiger partial charge in [0.2, 0.25) is 0 Å². The van der Waals surface area contributed by atoms with Crippen molar-refractivity contribution < 1.29 is 4.79 Å². The van der Waals surface area contributed by atoms with Gasteiger partial charge in [-0.25, -0.2) is 4.98 Å². The number of carbonyl (C=O) groups is 1. The maximum absolute atomic E-state index is 12.6. The zero-order valence-corrected chi connectivity index (χ0v) is 13.2. The van der Waals surface area contributed by atoms with Gasteiger partial charge in [-0.15, -0.1) is 22.7 Å². The van der Waals surface area contributed by atoms with Crippen molar-refractivity contribution in [1.82, 2.24) is 15.2 Å². The highest BCUT2D eigenvalue weighted by Crippen LogP contribution is 2.31. The number of nitrogens with zero attached hydrogens (tertiary/aromatic N) is 2. The molecule has 0 radical (unpaired) electrons. The first-order valence-electron chi connectivity index (χ1n) is 6.66. The first kappa shape index (κ1) is 13.7. The minimum absolute atomic E-state index is 0.0940. The molecule has 1 saturated heterocycles. The number of hydrogen-bond acceptors (Lipinski definition) is 5. The van der Waals surface area contributed by atoms with Gasteiger partial charge < -0.3 is 10.2 Å². The van der Waals surface area contributed by atoms with Crippen molar-refractivity contribution in [2.24, 2.45) is 0 Å². The summed E-state index contributed by atoms with van der Waals surface area (Å²) in [4.78, 5) is 20.9. The van der Waals surface area contributed by atoms with Gasteiger partial charge in [-0.05, 0) is 31.3 Å². The van der Waals surface area contributed by atoms with Crippen LogP contribution in [0.3, 0.4) is 0 Å². The minimum atomic E-state index is 0.0940. The number of aromatic nitrogens is 1. The van der Waals surface area contributed by atoms with Crippen LogP contribution in [-0.2, 0) is 0 Å². The number of thiazole rings is 1. The van der Waals surface area contributed by atoms with Crippen molar-refractivity contribution in [3.8, 4) is 9.88 Å². The molecule has 1 aliphatic heterocycles. The third-order valence-corrected chi connectivity index (χ3v) is 5.81. The Balaban J connectivity index is 1.84. The second-order valence-electron chi connectivity index (χ2n) is 4.97. The molecule has 4 nitrogen and oxygen atoms in total. The third kappa shape index (κ3) is 2.51. The molecule has 1 N–H and O–H groups in total. The lowest BCUT2D eigenvalue weighted by atomic mass is 10.2. The molecular formula is C14H17N3OS2. The average Bonchev–Trinajstić information content (AvgIpc) is 3.17. The molecular weight excluding hydrogens is 290 g/mol. The molecule has 0 aromatic carbocycles. The van der Waals surface area contributed by atoms with Gasteiger partial charge in [0.1, 0.15) is 9.88 Å². The Kier molecular flexibility index (Phi) is 3.87. The predicted octanol–water partition coefficient (Wildman–Crippen LogP) is 2.61. The van der Waals surface area contributed by atoms with Crippen molar-refractivity contribution in [1.29, 1.82) is 0 Å². The average molecular weight is 307 g/mol. The Bertz CT molecular complexity index is 600. The molecule has 2 aromatic heterocycles. The second kappa shape index (κ2) is 5.63. The van der Waals surface area contributed by atoms with Crippen LogP contribution in [0, 0.1) is 6.92 Å². The first-order chi connectivity index (χ1) is 9.66. The van der Waals surface area contributed by atoms with Gasteiger partial charge in [0.15, 0.2) is 0 Å². The molecule has 0 bridgehead atoms. The molecule has 106 valence electrons. The topological polar surface area (TPSA) is 45.2 Å². The number of thiophene rings is 1. The standard InChI is InChI=1S/C14H17N3OS2/c1-9-12(14(18)17(2)10-5-6-15-8-10)20-13(16-9)11-4-3-7-19-11/h3-4,7,10,15H,5-6,8H2,1-2H3. The van der Waals surface area contributed by atoms with Gasteiger partial charge in [-0.2, -0.15) is 0 Å². The lowest BCUT2D eigenvalue weighted by molar-refractivity contribution is 0.0747. The Morgan fingerprint density at radius 1 is 1.55 bits per heavy atom. The molecule has 1 fully saturated rings. The van der Waals surface area contributed by atoms with E-state index in [0.717, 1.165) is 40.0 Å². The van der Waals surface area contributed by atoms with E-state index in [2.05, 4.69) is 10.3 Å². The Hall–Kier alpha value is -1.24. The number of rotatable bonds is 3. The molecule has 0 spiro atoms. The minimum Gasteiger partial charge on any atom is -0.337 e. The van der Waals surface area contributed by atoms with Gasteiger partial charge in [0.25, 0.3) is 5.91 Å². The lowest BCUT2D eigenvalue weighted by Crippen LogP contribution is -2.38. The van der Waals surface area contributed by atoms with Crippen molar-refractivity contribution >= 4 is 28.6 Å². The quantitative estimate of drug-likeness (QED) is 0.948. The number of nitrogens with one attached hydrogen (secondary N) is 1. The summed E-state index contributed by atoms with van der Waals surface area (Å²) >= 11 is 3.16. The zero-order chi connectivity index (χ0) is 14.1. The molecule has 0 aliphatic carbocycles. The number of hydrogen-bond donors (Lipinski definition) is 1. The molecule has 1 aliphatic rings. The number of carbonyl (C=O) groups excluding carboxylic acids is 1. The van der Waals surface area contributed by atoms with Crippen molar-refractivity contribution in [3.05, 3.63) is 28.1 Å². The van der Waals surface area contributed by atoms with Gasteiger partial charge >= 0.3 is 0 Å². The van der Waals surface area contributed by atoms with E-state index in [1.165, 1.54) is 11.3 Å². The summed E-state index contributed by atoms with van der Waals surface area (Å²) in [6.07, 6.45) is 1.03. The number of aryl methyl sites for hydroxylation is 1. The van der Waals surface area contributed by atoms with Gasteiger partial charge in [-0.3, -0.25) is 4.79 Å². The van der Waals surface area contributed by atoms with Crippen LogP contribution in [0.15, 0.2) is 17.5 Å². The summed E-state index contributed by atoms with van der Waals surface area (Å²) in [5.41, 5.74) is 0.834. The van der Waals surface area contributed by atoms with Crippen LogP contribution >= 0.6 is 22.7 Å². The summed E-state index contributed by atoms with van der Waals surface area (Å²) in [5, 5.41) is 6.27.